The van der Waals surface area contributed by atoms with Crippen molar-refractivity contribution in [3.8, 4) is 0 Å². The molecule has 1 atom stereocenters. The third-order valence-corrected chi connectivity index (χ3v) is 2.99. The fourth-order valence-corrected chi connectivity index (χ4v) is 2.06. The van der Waals surface area contributed by atoms with Crippen molar-refractivity contribution < 1.29 is 5.11 Å². The molecule has 0 saturated heterocycles. The number of aryl methyl sites for hydroxylation is 2. The molecule has 0 spiro atoms. The molecule has 1 heterocycles. The molecule has 5 heteroatoms. The molecule has 0 aliphatic rings. The first kappa shape index (κ1) is 12.1. The number of benzene rings is 1. The van der Waals surface area contributed by atoms with E-state index in [1.807, 2.05) is 26.0 Å². The van der Waals surface area contributed by atoms with Gasteiger partial charge in [-0.15, -0.1) is 5.10 Å². The van der Waals surface area contributed by atoms with E-state index in [4.69, 9.17) is 11.6 Å². The fourth-order valence-electron chi connectivity index (χ4n) is 1.83. The summed E-state index contributed by atoms with van der Waals surface area (Å²) in [5.74, 6) is 0. The molecule has 1 aromatic carbocycles. The van der Waals surface area contributed by atoms with Gasteiger partial charge in [0, 0.05) is 11.6 Å². The summed E-state index contributed by atoms with van der Waals surface area (Å²) in [6, 6.07) is 5.43. The van der Waals surface area contributed by atoms with E-state index < -0.39 is 6.10 Å². The molecule has 0 aliphatic heterocycles. The highest BCUT2D eigenvalue weighted by Crippen LogP contribution is 2.26. The van der Waals surface area contributed by atoms with Crippen LogP contribution in [0.2, 0.25) is 5.02 Å². The van der Waals surface area contributed by atoms with E-state index in [0.29, 0.717) is 17.3 Å². The molecule has 0 bridgehead atoms. The van der Waals surface area contributed by atoms with Gasteiger partial charge in [0.1, 0.15) is 6.10 Å². The van der Waals surface area contributed by atoms with E-state index >= 15 is 0 Å². The van der Waals surface area contributed by atoms with E-state index in [0.717, 1.165) is 11.1 Å². The molecule has 0 amide bonds. The first-order valence-electron chi connectivity index (χ1n) is 5.46. The molecular formula is C12H14ClN3O. The van der Waals surface area contributed by atoms with Crippen molar-refractivity contribution in [3.63, 3.8) is 0 Å². The van der Waals surface area contributed by atoms with Gasteiger partial charge in [-0.05, 0) is 37.1 Å². The standard InChI is InChI=1S/C12H14ClN3O/c1-3-16-11(7-14-15-16)12(17)10-5-4-9(13)6-8(10)2/h4-7,12,17H,3H2,1-2H3. The lowest BCUT2D eigenvalue weighted by Gasteiger charge is -2.14. The van der Waals surface area contributed by atoms with Crippen molar-refractivity contribution in [2.24, 2.45) is 0 Å². The lowest BCUT2D eigenvalue weighted by molar-refractivity contribution is 0.207. The van der Waals surface area contributed by atoms with Gasteiger partial charge in [-0.2, -0.15) is 0 Å². The van der Waals surface area contributed by atoms with E-state index in [2.05, 4.69) is 10.3 Å². The van der Waals surface area contributed by atoms with Gasteiger partial charge in [-0.1, -0.05) is 22.9 Å². The second kappa shape index (κ2) is 4.85. The van der Waals surface area contributed by atoms with Crippen LogP contribution in [-0.4, -0.2) is 20.1 Å². The summed E-state index contributed by atoms with van der Waals surface area (Å²) < 4.78 is 1.68. The number of aliphatic hydroxyl groups excluding tert-OH is 1. The zero-order valence-corrected chi connectivity index (χ0v) is 10.5. The minimum absolute atomic E-state index is 0.667. The Hall–Kier alpha value is -1.39. The quantitative estimate of drug-likeness (QED) is 0.911. The van der Waals surface area contributed by atoms with E-state index in [1.165, 1.54) is 0 Å². The van der Waals surface area contributed by atoms with Crippen LogP contribution in [0.25, 0.3) is 0 Å². The minimum atomic E-state index is -0.720. The number of rotatable bonds is 3. The van der Waals surface area contributed by atoms with Crippen LogP contribution in [0.15, 0.2) is 24.4 Å². The second-order valence-corrected chi connectivity index (χ2v) is 4.31. The maximum atomic E-state index is 10.3. The number of halogens is 1. The van der Waals surface area contributed by atoms with Gasteiger partial charge in [0.05, 0.1) is 11.9 Å². The Balaban J connectivity index is 2.40. The molecule has 0 aliphatic carbocycles. The van der Waals surface area contributed by atoms with E-state index in [1.54, 1.807) is 16.9 Å². The molecule has 90 valence electrons. The Morgan fingerprint density at radius 1 is 1.47 bits per heavy atom. The van der Waals surface area contributed by atoms with Crippen molar-refractivity contribution in [3.05, 3.63) is 46.2 Å². The molecule has 2 aromatic rings. The van der Waals surface area contributed by atoms with Crippen LogP contribution >= 0.6 is 11.6 Å². The summed E-state index contributed by atoms with van der Waals surface area (Å²) in [6.07, 6.45) is 0.865. The second-order valence-electron chi connectivity index (χ2n) is 3.88. The van der Waals surface area contributed by atoms with Crippen LogP contribution < -0.4 is 0 Å². The highest BCUT2D eigenvalue weighted by molar-refractivity contribution is 6.30. The number of hydrogen-bond acceptors (Lipinski definition) is 3. The van der Waals surface area contributed by atoms with Crippen LogP contribution in [0.4, 0.5) is 0 Å². The van der Waals surface area contributed by atoms with E-state index in [-0.39, 0.29) is 0 Å². The van der Waals surface area contributed by atoms with Crippen molar-refractivity contribution in [1.29, 1.82) is 0 Å². The van der Waals surface area contributed by atoms with Crippen LogP contribution in [0.1, 0.15) is 29.8 Å². The molecule has 0 saturated carbocycles. The molecule has 0 fully saturated rings. The molecule has 17 heavy (non-hydrogen) atoms. The Labute approximate surface area is 105 Å². The van der Waals surface area contributed by atoms with Crippen LogP contribution in [0.5, 0.6) is 0 Å². The van der Waals surface area contributed by atoms with Gasteiger partial charge in [-0.25, -0.2) is 4.68 Å². The lowest BCUT2D eigenvalue weighted by atomic mass is 10.0. The average molecular weight is 252 g/mol. The van der Waals surface area contributed by atoms with Gasteiger partial charge in [0.15, 0.2) is 0 Å². The highest BCUT2D eigenvalue weighted by atomic mass is 35.5. The number of aliphatic hydroxyl groups is 1. The highest BCUT2D eigenvalue weighted by Gasteiger charge is 2.17. The fraction of sp³-hybridized carbons (Fsp3) is 0.333. The number of nitrogens with zero attached hydrogens (tertiary/aromatic N) is 3. The van der Waals surface area contributed by atoms with Crippen molar-refractivity contribution >= 4 is 11.6 Å². The maximum Gasteiger partial charge on any atom is 0.123 e. The molecule has 4 nitrogen and oxygen atoms in total. The molecule has 1 aromatic heterocycles. The van der Waals surface area contributed by atoms with Crippen molar-refractivity contribution in [2.45, 2.75) is 26.5 Å². The summed E-state index contributed by atoms with van der Waals surface area (Å²) in [6.45, 7) is 4.56. The maximum absolute atomic E-state index is 10.3. The van der Waals surface area contributed by atoms with Crippen LogP contribution in [-0.2, 0) is 6.54 Å². The minimum Gasteiger partial charge on any atom is -0.382 e. The summed E-state index contributed by atoms with van der Waals surface area (Å²) in [5.41, 5.74) is 2.47. The monoisotopic (exact) mass is 251 g/mol. The third kappa shape index (κ3) is 2.33. The first-order chi connectivity index (χ1) is 8.13. The molecule has 1 N–H and O–H groups in total. The zero-order valence-electron chi connectivity index (χ0n) is 9.76. The van der Waals surface area contributed by atoms with Gasteiger partial charge in [0.25, 0.3) is 0 Å². The van der Waals surface area contributed by atoms with Crippen LogP contribution in [0, 0.1) is 6.92 Å². The average Bonchev–Trinajstić information content (AvgIpc) is 2.76. The van der Waals surface area contributed by atoms with Gasteiger partial charge < -0.3 is 5.11 Å². The smallest absolute Gasteiger partial charge is 0.123 e. The van der Waals surface area contributed by atoms with Crippen LogP contribution in [0.3, 0.4) is 0 Å². The van der Waals surface area contributed by atoms with Gasteiger partial charge >= 0.3 is 0 Å². The summed E-state index contributed by atoms with van der Waals surface area (Å²) in [7, 11) is 0. The number of hydrogen-bond donors (Lipinski definition) is 1. The van der Waals surface area contributed by atoms with Crippen molar-refractivity contribution in [1.82, 2.24) is 15.0 Å². The first-order valence-corrected chi connectivity index (χ1v) is 5.83. The predicted molar refractivity (Wildman–Crippen MR) is 65.9 cm³/mol. The molecule has 2 rings (SSSR count). The van der Waals surface area contributed by atoms with Gasteiger partial charge in [-0.3, -0.25) is 0 Å². The summed E-state index contributed by atoms with van der Waals surface area (Å²) >= 11 is 5.89. The summed E-state index contributed by atoms with van der Waals surface area (Å²) in [4.78, 5) is 0. The number of aromatic nitrogens is 3. The Morgan fingerprint density at radius 3 is 2.88 bits per heavy atom. The van der Waals surface area contributed by atoms with Gasteiger partial charge in [0.2, 0.25) is 0 Å². The Kier molecular flexibility index (Phi) is 3.45. The molecule has 0 radical (unpaired) electrons. The summed E-state index contributed by atoms with van der Waals surface area (Å²) in [5, 5.41) is 18.7. The molecule has 1 unspecified atom stereocenters. The third-order valence-electron chi connectivity index (χ3n) is 2.75. The predicted octanol–water partition coefficient (Wildman–Crippen LogP) is 2.34. The topological polar surface area (TPSA) is 50.9 Å². The SMILES string of the molecule is CCn1nncc1C(O)c1ccc(Cl)cc1C. The Morgan fingerprint density at radius 2 is 2.24 bits per heavy atom. The Bertz CT molecular complexity index is 524. The van der Waals surface area contributed by atoms with E-state index in [9.17, 15) is 5.11 Å². The lowest BCUT2D eigenvalue weighted by Crippen LogP contribution is -2.10. The molecular weight excluding hydrogens is 238 g/mol. The van der Waals surface area contributed by atoms with Crippen molar-refractivity contribution in [2.75, 3.05) is 0 Å². The zero-order chi connectivity index (χ0) is 12.4. The normalized spacial score (nSPS) is 12.7. The largest absolute Gasteiger partial charge is 0.382 e.